The molecule has 0 radical (unpaired) electrons. The smallest absolute Gasteiger partial charge is 0.113 e. The Labute approximate surface area is 169 Å². The van der Waals surface area contributed by atoms with Crippen molar-refractivity contribution in [2.24, 2.45) is 0 Å². The summed E-state index contributed by atoms with van der Waals surface area (Å²) in [6.07, 6.45) is 11.9. The third-order valence-electron chi connectivity index (χ3n) is 5.74. The number of hydrogen-bond donors (Lipinski definition) is 0. The maximum absolute atomic E-state index is 6.12. The van der Waals surface area contributed by atoms with Gasteiger partial charge in [0.25, 0.3) is 0 Å². The van der Waals surface area contributed by atoms with E-state index in [2.05, 4.69) is 54.9 Å². The summed E-state index contributed by atoms with van der Waals surface area (Å²) >= 11 is 6.12. The fourth-order valence-corrected chi connectivity index (χ4v) is 4.45. The summed E-state index contributed by atoms with van der Waals surface area (Å²) in [7, 11) is 0. The molecule has 2 aromatic heterocycles. The van der Waals surface area contributed by atoms with Gasteiger partial charge in [-0.05, 0) is 48.2 Å². The van der Waals surface area contributed by atoms with Crippen molar-refractivity contribution < 1.29 is 0 Å². The number of nitrogens with zero attached hydrogens (tertiary/aromatic N) is 5. The van der Waals surface area contributed by atoms with Gasteiger partial charge in [0, 0.05) is 17.4 Å². The van der Waals surface area contributed by atoms with Crippen molar-refractivity contribution in [2.45, 2.75) is 44.2 Å². The molecule has 0 aliphatic heterocycles. The second-order valence-electron chi connectivity index (χ2n) is 7.54. The molecule has 1 unspecified atom stereocenters. The maximum atomic E-state index is 6.12. The molecule has 1 aliphatic rings. The van der Waals surface area contributed by atoms with Crippen LogP contribution in [-0.4, -0.2) is 24.5 Å². The fraction of sp³-hybridized carbons (Fsp3) is 0.318. The topological polar surface area (TPSA) is 48.5 Å². The van der Waals surface area contributed by atoms with Crippen molar-refractivity contribution in [3.05, 3.63) is 77.3 Å². The molecule has 142 valence electrons. The van der Waals surface area contributed by atoms with Gasteiger partial charge >= 0.3 is 0 Å². The van der Waals surface area contributed by atoms with Crippen LogP contribution in [0.1, 0.15) is 55.3 Å². The van der Waals surface area contributed by atoms with Gasteiger partial charge in [-0.15, -0.1) is 5.10 Å². The van der Waals surface area contributed by atoms with Gasteiger partial charge in [-0.1, -0.05) is 54.3 Å². The Morgan fingerprint density at radius 3 is 2.50 bits per heavy atom. The average molecular weight is 392 g/mol. The molecule has 1 atom stereocenters. The van der Waals surface area contributed by atoms with E-state index in [0.717, 1.165) is 16.1 Å². The van der Waals surface area contributed by atoms with Crippen molar-refractivity contribution in [3.63, 3.8) is 0 Å². The van der Waals surface area contributed by atoms with Gasteiger partial charge in [0.2, 0.25) is 0 Å². The monoisotopic (exact) mass is 391 g/mol. The van der Waals surface area contributed by atoms with Crippen molar-refractivity contribution in [3.8, 4) is 0 Å². The van der Waals surface area contributed by atoms with Crippen LogP contribution in [0, 0.1) is 0 Å². The van der Waals surface area contributed by atoms with Crippen molar-refractivity contribution in [1.82, 2.24) is 24.5 Å². The molecule has 0 saturated heterocycles. The Balaban J connectivity index is 1.61. The summed E-state index contributed by atoms with van der Waals surface area (Å²) in [6.45, 7) is 0. The molecule has 5 nitrogen and oxygen atoms in total. The minimum absolute atomic E-state index is 0.0267. The number of benzene rings is 2. The lowest BCUT2D eigenvalue weighted by molar-refractivity contribution is 0.331. The Morgan fingerprint density at radius 2 is 1.75 bits per heavy atom. The molecule has 5 rings (SSSR count). The van der Waals surface area contributed by atoms with Crippen LogP contribution in [0.15, 0.2) is 61.2 Å². The molecule has 6 heteroatoms. The molecule has 1 aliphatic carbocycles. The number of hydrogen-bond acceptors (Lipinski definition) is 3. The van der Waals surface area contributed by atoms with E-state index >= 15 is 0 Å². The first-order valence-electron chi connectivity index (χ1n) is 9.87. The highest BCUT2D eigenvalue weighted by molar-refractivity contribution is 6.30. The highest BCUT2D eigenvalue weighted by Gasteiger charge is 2.21. The molecule has 2 heterocycles. The highest BCUT2D eigenvalue weighted by atomic mass is 35.5. The molecular weight excluding hydrogens is 370 g/mol. The zero-order valence-corrected chi connectivity index (χ0v) is 16.3. The highest BCUT2D eigenvalue weighted by Crippen LogP contribution is 2.33. The molecular formula is C22H22ClN5. The lowest BCUT2D eigenvalue weighted by Gasteiger charge is -2.23. The number of halogens is 1. The van der Waals surface area contributed by atoms with Crippen molar-refractivity contribution in [1.29, 1.82) is 0 Å². The predicted octanol–water partition coefficient (Wildman–Crippen LogP) is 5.42. The van der Waals surface area contributed by atoms with Gasteiger partial charge in [0.05, 0.1) is 23.9 Å². The van der Waals surface area contributed by atoms with E-state index in [-0.39, 0.29) is 6.04 Å². The van der Waals surface area contributed by atoms with Crippen LogP contribution in [-0.2, 0) is 0 Å². The maximum Gasteiger partial charge on any atom is 0.113 e. The summed E-state index contributed by atoms with van der Waals surface area (Å²) in [5.41, 5.74) is 4.42. The summed E-state index contributed by atoms with van der Waals surface area (Å²) in [4.78, 5) is 4.26. The van der Waals surface area contributed by atoms with E-state index in [9.17, 15) is 0 Å². The molecule has 0 spiro atoms. The second kappa shape index (κ2) is 7.40. The summed E-state index contributed by atoms with van der Waals surface area (Å²) < 4.78 is 4.27. The van der Waals surface area contributed by atoms with Crippen LogP contribution in [0.3, 0.4) is 0 Å². The minimum atomic E-state index is 0.0267. The normalized spacial score (nSPS) is 16.5. The molecule has 4 aromatic rings. The van der Waals surface area contributed by atoms with Gasteiger partial charge in [-0.3, -0.25) is 0 Å². The minimum Gasteiger partial charge on any atom is -0.326 e. The van der Waals surface area contributed by atoms with Gasteiger partial charge in [0.1, 0.15) is 5.52 Å². The first kappa shape index (κ1) is 17.4. The van der Waals surface area contributed by atoms with Crippen LogP contribution < -0.4 is 0 Å². The van der Waals surface area contributed by atoms with E-state index in [1.54, 1.807) is 0 Å². The summed E-state index contributed by atoms with van der Waals surface area (Å²) in [5.74, 6) is 0. The Kier molecular flexibility index (Phi) is 4.61. The summed E-state index contributed by atoms with van der Waals surface area (Å²) in [5, 5.41) is 9.65. The SMILES string of the molecule is Clc1ccc(C(c2ccc3nnn(C4CCCCC4)c3c2)n2ccnc2)cc1. The molecule has 1 saturated carbocycles. The standard InChI is InChI=1S/C22H22ClN5/c23-18-9-6-16(7-10-18)22(27-13-12-24-15-27)17-8-11-20-21(14-17)28(26-25-20)19-4-2-1-3-5-19/h6-15,19,22H,1-5H2. The third kappa shape index (κ3) is 3.20. The second-order valence-corrected chi connectivity index (χ2v) is 7.97. The van der Waals surface area contributed by atoms with E-state index in [1.807, 2.05) is 30.9 Å². The lowest BCUT2D eigenvalue weighted by Crippen LogP contribution is -2.15. The molecule has 28 heavy (non-hydrogen) atoms. The van der Waals surface area contributed by atoms with Gasteiger partial charge in [0.15, 0.2) is 0 Å². The quantitative estimate of drug-likeness (QED) is 0.466. The first-order valence-corrected chi connectivity index (χ1v) is 10.2. The van der Waals surface area contributed by atoms with Gasteiger partial charge in [-0.2, -0.15) is 0 Å². The van der Waals surface area contributed by atoms with E-state index < -0.39 is 0 Å². The first-order chi connectivity index (χ1) is 13.8. The summed E-state index contributed by atoms with van der Waals surface area (Å²) in [6, 6.07) is 15.0. The van der Waals surface area contributed by atoms with Crippen molar-refractivity contribution in [2.75, 3.05) is 0 Å². The lowest BCUT2D eigenvalue weighted by atomic mass is 9.95. The number of fused-ring (bicyclic) bond motifs is 1. The largest absolute Gasteiger partial charge is 0.326 e. The Bertz CT molecular complexity index is 1060. The predicted molar refractivity (Wildman–Crippen MR) is 111 cm³/mol. The van der Waals surface area contributed by atoms with Gasteiger partial charge < -0.3 is 4.57 Å². The molecule has 1 fully saturated rings. The fourth-order valence-electron chi connectivity index (χ4n) is 4.32. The van der Waals surface area contributed by atoms with E-state index in [1.165, 1.54) is 43.2 Å². The van der Waals surface area contributed by atoms with Crippen LogP contribution >= 0.6 is 11.6 Å². The number of imidazole rings is 1. The van der Waals surface area contributed by atoms with E-state index in [4.69, 9.17) is 11.6 Å². The molecule has 0 N–H and O–H groups in total. The van der Waals surface area contributed by atoms with Crippen LogP contribution in [0.4, 0.5) is 0 Å². The zero-order valence-electron chi connectivity index (χ0n) is 15.6. The van der Waals surface area contributed by atoms with Gasteiger partial charge in [-0.25, -0.2) is 9.67 Å². The number of aromatic nitrogens is 5. The van der Waals surface area contributed by atoms with Crippen LogP contribution in [0.2, 0.25) is 5.02 Å². The van der Waals surface area contributed by atoms with E-state index in [0.29, 0.717) is 6.04 Å². The molecule has 2 aromatic carbocycles. The average Bonchev–Trinajstić information content (AvgIpc) is 3.40. The Morgan fingerprint density at radius 1 is 0.964 bits per heavy atom. The van der Waals surface area contributed by atoms with Crippen LogP contribution in [0.5, 0.6) is 0 Å². The third-order valence-corrected chi connectivity index (χ3v) is 5.99. The molecule has 0 amide bonds. The zero-order chi connectivity index (χ0) is 18.9. The molecule has 0 bridgehead atoms. The van der Waals surface area contributed by atoms with Crippen LogP contribution in [0.25, 0.3) is 11.0 Å². The number of rotatable bonds is 4. The van der Waals surface area contributed by atoms with Crippen molar-refractivity contribution >= 4 is 22.6 Å². The Hall–Kier alpha value is -2.66.